The van der Waals surface area contributed by atoms with Crippen LogP contribution in [0.5, 0.6) is 0 Å². The minimum absolute atomic E-state index is 0.0605. The Morgan fingerprint density at radius 1 is 1.48 bits per heavy atom. The number of aliphatic hydroxyl groups excluding tert-OH is 2. The fourth-order valence-electron chi connectivity index (χ4n) is 2.10. The molecule has 0 spiro atoms. The third kappa shape index (κ3) is 3.75. The van der Waals surface area contributed by atoms with E-state index in [4.69, 9.17) is 14.5 Å². The molecule has 130 valence electrons. The van der Waals surface area contributed by atoms with E-state index in [2.05, 4.69) is 4.52 Å². The molecule has 13 heteroatoms. The molecule has 2 heterocycles. The SMILES string of the molecule is Cc1cn(C2O[C@H](C(O)OP(=O)(O)O)[C@@H](O)[C@@H]2F)c(=O)[nH]c1=O. The molecule has 1 saturated heterocycles. The fraction of sp³-hybridized carbons (Fsp3) is 0.600. The largest absolute Gasteiger partial charge is 0.472 e. The normalized spacial score (nSPS) is 29.7. The minimum atomic E-state index is -5.12. The number of nitrogens with one attached hydrogen (secondary N) is 1. The first kappa shape index (κ1) is 17.9. The number of rotatable bonds is 4. The Kier molecular flexibility index (Phi) is 4.87. The number of phosphoric acid groups is 1. The molecule has 11 nitrogen and oxygen atoms in total. The maximum absolute atomic E-state index is 14.1. The Labute approximate surface area is 127 Å². The van der Waals surface area contributed by atoms with Crippen LogP contribution in [0.2, 0.25) is 0 Å². The monoisotopic (exact) mass is 356 g/mol. The van der Waals surface area contributed by atoms with Crippen LogP contribution in [0.15, 0.2) is 15.8 Å². The summed E-state index contributed by atoms with van der Waals surface area (Å²) in [6, 6.07) is 0. The number of phosphoric ester groups is 1. The van der Waals surface area contributed by atoms with Gasteiger partial charge >= 0.3 is 13.5 Å². The molecule has 0 amide bonds. The molecular formula is C10H14FN2O9P. The van der Waals surface area contributed by atoms with Crippen molar-refractivity contribution in [3.8, 4) is 0 Å². The highest BCUT2D eigenvalue weighted by Crippen LogP contribution is 2.41. The Morgan fingerprint density at radius 3 is 2.65 bits per heavy atom. The Balaban J connectivity index is 2.30. The van der Waals surface area contributed by atoms with Gasteiger partial charge in [-0.3, -0.25) is 18.9 Å². The van der Waals surface area contributed by atoms with E-state index in [0.717, 1.165) is 6.20 Å². The van der Waals surface area contributed by atoms with Crippen molar-refractivity contribution in [2.75, 3.05) is 0 Å². The van der Waals surface area contributed by atoms with Gasteiger partial charge in [0.1, 0.15) is 12.2 Å². The van der Waals surface area contributed by atoms with Gasteiger partial charge in [-0.25, -0.2) is 13.8 Å². The second-order valence-corrected chi connectivity index (χ2v) is 6.08. The van der Waals surface area contributed by atoms with Crippen LogP contribution in [0.25, 0.3) is 0 Å². The first-order chi connectivity index (χ1) is 10.5. The Hall–Kier alpha value is -1.40. The molecule has 2 rings (SSSR count). The number of alkyl halides is 1. The van der Waals surface area contributed by atoms with E-state index in [0.29, 0.717) is 4.57 Å². The van der Waals surface area contributed by atoms with Crippen LogP contribution in [0.4, 0.5) is 4.39 Å². The molecule has 1 aromatic heterocycles. The molecule has 23 heavy (non-hydrogen) atoms. The average Bonchev–Trinajstić information content (AvgIpc) is 2.69. The predicted octanol–water partition coefficient (Wildman–Crippen LogP) is -2.13. The van der Waals surface area contributed by atoms with Gasteiger partial charge < -0.3 is 24.7 Å². The molecule has 5 N–H and O–H groups in total. The van der Waals surface area contributed by atoms with Crippen molar-refractivity contribution in [1.82, 2.24) is 9.55 Å². The van der Waals surface area contributed by atoms with Gasteiger partial charge in [0, 0.05) is 11.8 Å². The van der Waals surface area contributed by atoms with Crippen molar-refractivity contribution in [3.05, 3.63) is 32.6 Å². The van der Waals surface area contributed by atoms with E-state index >= 15 is 0 Å². The lowest BCUT2D eigenvalue weighted by Crippen LogP contribution is -2.38. The second-order valence-electron chi connectivity index (χ2n) is 4.89. The lowest BCUT2D eigenvalue weighted by atomic mass is 10.1. The van der Waals surface area contributed by atoms with E-state index in [-0.39, 0.29) is 5.56 Å². The standard InChI is InChI=1S/C10H14FN2O9P/c1-3-2-13(10(17)12-7(3)15)8-4(11)5(14)6(21-8)9(16)22-23(18,19)20/h2,4-6,8-9,14,16H,1H3,(H,12,15,17)(H2,18,19,20)/t4-,5-,6-,8?,9?/m0/s1. The van der Waals surface area contributed by atoms with Gasteiger partial charge in [0.25, 0.3) is 5.56 Å². The summed E-state index contributed by atoms with van der Waals surface area (Å²) in [7, 11) is -5.12. The topological polar surface area (TPSA) is 171 Å². The summed E-state index contributed by atoms with van der Waals surface area (Å²) < 4.78 is 34.3. The number of hydrogen-bond donors (Lipinski definition) is 5. The third-order valence-electron chi connectivity index (χ3n) is 3.18. The van der Waals surface area contributed by atoms with Gasteiger partial charge in [0.05, 0.1) is 0 Å². The van der Waals surface area contributed by atoms with Crippen LogP contribution in [-0.2, 0) is 13.8 Å². The van der Waals surface area contributed by atoms with Crippen LogP contribution in [0.1, 0.15) is 11.8 Å². The van der Waals surface area contributed by atoms with E-state index in [1.165, 1.54) is 6.92 Å². The molecule has 0 aromatic carbocycles. The highest BCUT2D eigenvalue weighted by Gasteiger charge is 2.50. The zero-order valence-corrected chi connectivity index (χ0v) is 12.5. The van der Waals surface area contributed by atoms with Crippen molar-refractivity contribution in [1.29, 1.82) is 0 Å². The number of aromatic amines is 1. The van der Waals surface area contributed by atoms with Gasteiger partial charge in [-0.2, -0.15) is 0 Å². The number of halogens is 1. The molecule has 0 aliphatic carbocycles. The van der Waals surface area contributed by atoms with Crippen LogP contribution in [0.3, 0.4) is 0 Å². The number of aliphatic hydroxyl groups is 2. The number of nitrogens with zero attached hydrogens (tertiary/aromatic N) is 1. The van der Waals surface area contributed by atoms with Crippen LogP contribution >= 0.6 is 7.82 Å². The van der Waals surface area contributed by atoms with Crippen LogP contribution in [-0.4, -0.2) is 54.2 Å². The summed E-state index contributed by atoms with van der Waals surface area (Å²) in [6.07, 6.45) is -9.19. The highest BCUT2D eigenvalue weighted by molar-refractivity contribution is 7.46. The van der Waals surface area contributed by atoms with Crippen LogP contribution in [0, 0.1) is 6.92 Å². The quantitative estimate of drug-likeness (QED) is 0.298. The number of hydrogen-bond acceptors (Lipinski definition) is 7. The average molecular weight is 356 g/mol. The van der Waals surface area contributed by atoms with Crippen molar-refractivity contribution in [3.63, 3.8) is 0 Å². The summed E-state index contributed by atoms with van der Waals surface area (Å²) in [5.74, 6) is 0. The maximum Gasteiger partial charge on any atom is 0.472 e. The number of aryl methyl sites for hydroxylation is 1. The van der Waals surface area contributed by atoms with Crippen molar-refractivity contribution in [2.24, 2.45) is 0 Å². The second kappa shape index (κ2) is 6.24. The van der Waals surface area contributed by atoms with Gasteiger partial charge in [-0.1, -0.05) is 0 Å². The zero-order valence-electron chi connectivity index (χ0n) is 11.6. The number of H-pyrrole nitrogens is 1. The maximum atomic E-state index is 14.1. The van der Waals surface area contributed by atoms with E-state index < -0.39 is 50.0 Å². The predicted molar refractivity (Wildman–Crippen MR) is 70.0 cm³/mol. The lowest BCUT2D eigenvalue weighted by Gasteiger charge is -2.21. The fourth-order valence-corrected chi connectivity index (χ4v) is 2.50. The van der Waals surface area contributed by atoms with Crippen molar-refractivity contribution >= 4 is 7.82 Å². The smallest absolute Gasteiger partial charge is 0.387 e. The van der Waals surface area contributed by atoms with Gasteiger partial charge in [-0.15, -0.1) is 0 Å². The molecule has 1 aliphatic heterocycles. The van der Waals surface area contributed by atoms with E-state index in [9.17, 15) is 28.8 Å². The molecular weight excluding hydrogens is 342 g/mol. The first-order valence-corrected chi connectivity index (χ1v) is 7.76. The summed E-state index contributed by atoms with van der Waals surface area (Å²) in [4.78, 5) is 42.1. The Morgan fingerprint density at radius 2 is 2.09 bits per heavy atom. The summed E-state index contributed by atoms with van der Waals surface area (Å²) in [6.45, 7) is 1.34. The van der Waals surface area contributed by atoms with Gasteiger partial charge in [-0.05, 0) is 6.92 Å². The highest BCUT2D eigenvalue weighted by atomic mass is 31.2. The third-order valence-corrected chi connectivity index (χ3v) is 3.67. The van der Waals surface area contributed by atoms with Crippen molar-refractivity contribution in [2.45, 2.75) is 37.8 Å². The molecule has 0 saturated carbocycles. The number of ether oxygens (including phenoxy) is 1. The van der Waals surface area contributed by atoms with Crippen LogP contribution < -0.4 is 11.2 Å². The summed E-state index contributed by atoms with van der Waals surface area (Å²) in [5.41, 5.74) is -1.65. The zero-order chi connectivity index (χ0) is 17.5. The molecule has 0 radical (unpaired) electrons. The van der Waals surface area contributed by atoms with Crippen molar-refractivity contribution < 1.29 is 38.2 Å². The molecule has 2 unspecified atom stereocenters. The molecule has 1 aliphatic rings. The summed E-state index contributed by atoms with van der Waals surface area (Å²) in [5, 5.41) is 19.2. The lowest BCUT2D eigenvalue weighted by molar-refractivity contribution is -0.161. The van der Waals surface area contributed by atoms with E-state index in [1.54, 1.807) is 0 Å². The van der Waals surface area contributed by atoms with Gasteiger partial charge in [0.15, 0.2) is 18.7 Å². The summed E-state index contributed by atoms with van der Waals surface area (Å²) >= 11 is 0. The first-order valence-electron chi connectivity index (χ1n) is 6.23. The number of aromatic nitrogens is 2. The molecule has 5 atom stereocenters. The van der Waals surface area contributed by atoms with E-state index in [1.807, 2.05) is 4.98 Å². The molecule has 1 aromatic rings. The Bertz CT molecular complexity index is 743. The molecule has 1 fully saturated rings. The van der Waals surface area contributed by atoms with Gasteiger partial charge in [0.2, 0.25) is 0 Å². The molecule has 0 bridgehead atoms. The minimum Gasteiger partial charge on any atom is -0.387 e.